The van der Waals surface area contributed by atoms with Gasteiger partial charge in [0.2, 0.25) is 17.8 Å². The maximum atomic E-state index is 10.8. The Morgan fingerprint density at radius 3 is 2.45 bits per heavy atom. The van der Waals surface area contributed by atoms with Gasteiger partial charge in [-0.2, -0.15) is 20.1 Å². The van der Waals surface area contributed by atoms with E-state index in [0.717, 1.165) is 37.2 Å². The Morgan fingerprint density at radius 2 is 1.73 bits per heavy atom. The third kappa shape index (κ3) is 6.63. The number of hydrazone groups is 1. The van der Waals surface area contributed by atoms with E-state index in [0.29, 0.717) is 23.6 Å². The number of primary amides is 1. The number of nitrogens with zero attached hydrogens (tertiary/aromatic N) is 5. The number of carbonyl (C=O) groups excluding carboxylic acids is 1. The molecule has 1 aliphatic rings. The summed E-state index contributed by atoms with van der Waals surface area (Å²) in [5.41, 5.74) is 9.71. The molecule has 3 aromatic rings. The van der Waals surface area contributed by atoms with Gasteiger partial charge in [-0.05, 0) is 61.2 Å². The van der Waals surface area contributed by atoms with Crippen LogP contribution in [0.4, 0.5) is 23.5 Å². The maximum Gasteiger partial charge on any atom is 0.255 e. The van der Waals surface area contributed by atoms with Crippen LogP contribution in [0.25, 0.3) is 0 Å². The molecule has 1 aromatic heterocycles. The summed E-state index contributed by atoms with van der Waals surface area (Å²) in [7, 11) is 0. The van der Waals surface area contributed by atoms with Crippen molar-refractivity contribution < 1.29 is 9.53 Å². The predicted octanol–water partition coefficient (Wildman–Crippen LogP) is 2.92. The summed E-state index contributed by atoms with van der Waals surface area (Å²) >= 11 is 0. The van der Waals surface area contributed by atoms with E-state index in [9.17, 15) is 4.79 Å². The third-order valence-electron chi connectivity index (χ3n) is 4.93. The predicted molar refractivity (Wildman–Crippen MR) is 128 cm³/mol. The van der Waals surface area contributed by atoms with Crippen molar-refractivity contribution >= 4 is 35.7 Å². The number of anilines is 4. The highest BCUT2D eigenvalue weighted by Gasteiger charge is 2.16. The zero-order chi connectivity index (χ0) is 22.9. The van der Waals surface area contributed by atoms with E-state index in [-0.39, 0.29) is 6.61 Å². The highest BCUT2D eigenvalue weighted by molar-refractivity contribution is 5.80. The molecule has 10 nitrogen and oxygen atoms in total. The van der Waals surface area contributed by atoms with Crippen LogP contribution in [0, 0.1) is 0 Å². The number of nitrogens with one attached hydrogen (secondary N) is 2. The van der Waals surface area contributed by atoms with Crippen LogP contribution in [0.1, 0.15) is 24.8 Å². The smallest absolute Gasteiger partial charge is 0.255 e. The fourth-order valence-electron chi connectivity index (χ4n) is 3.33. The zero-order valence-corrected chi connectivity index (χ0v) is 18.1. The van der Waals surface area contributed by atoms with Gasteiger partial charge in [-0.3, -0.25) is 4.79 Å². The van der Waals surface area contributed by atoms with Gasteiger partial charge in [0.15, 0.2) is 6.61 Å². The van der Waals surface area contributed by atoms with E-state index < -0.39 is 5.91 Å². The minimum atomic E-state index is -0.521. The van der Waals surface area contributed by atoms with Crippen molar-refractivity contribution in [3.63, 3.8) is 0 Å². The Bertz CT molecular complexity index is 1080. The molecule has 0 spiro atoms. The topological polar surface area (TPSA) is 131 Å². The number of piperidine rings is 1. The molecular formula is C23H26N8O2. The summed E-state index contributed by atoms with van der Waals surface area (Å²) in [6, 6.07) is 16.9. The average molecular weight is 447 g/mol. The summed E-state index contributed by atoms with van der Waals surface area (Å²) in [5, 5.41) is 7.49. The van der Waals surface area contributed by atoms with Crippen molar-refractivity contribution in [2.45, 2.75) is 19.3 Å². The molecule has 33 heavy (non-hydrogen) atoms. The van der Waals surface area contributed by atoms with Crippen molar-refractivity contribution in [3.8, 4) is 5.75 Å². The second kappa shape index (κ2) is 10.9. The minimum Gasteiger partial charge on any atom is -0.484 e. The molecule has 0 atom stereocenters. The van der Waals surface area contributed by atoms with Crippen LogP contribution in [-0.2, 0) is 4.79 Å². The number of benzene rings is 2. The molecule has 0 unspecified atom stereocenters. The summed E-state index contributed by atoms with van der Waals surface area (Å²) in [6.45, 7) is 1.68. The van der Waals surface area contributed by atoms with Gasteiger partial charge in [0, 0.05) is 18.8 Å². The lowest BCUT2D eigenvalue weighted by Crippen LogP contribution is -2.31. The molecule has 0 aliphatic carbocycles. The number of hydrogen-bond acceptors (Lipinski definition) is 9. The number of para-hydroxylation sites is 1. The van der Waals surface area contributed by atoms with E-state index >= 15 is 0 Å². The first-order valence-electron chi connectivity index (χ1n) is 10.8. The van der Waals surface area contributed by atoms with Gasteiger partial charge in [0.25, 0.3) is 5.91 Å². The van der Waals surface area contributed by atoms with E-state index in [4.69, 9.17) is 10.5 Å². The van der Waals surface area contributed by atoms with Crippen molar-refractivity contribution in [1.29, 1.82) is 0 Å². The fraction of sp³-hybridized carbons (Fsp3) is 0.261. The Labute approximate surface area is 191 Å². The molecule has 4 N–H and O–H groups in total. The van der Waals surface area contributed by atoms with E-state index in [2.05, 4.69) is 35.7 Å². The molecule has 0 bridgehead atoms. The summed E-state index contributed by atoms with van der Waals surface area (Å²) < 4.78 is 5.26. The highest BCUT2D eigenvalue weighted by Crippen LogP contribution is 2.20. The summed E-state index contributed by atoms with van der Waals surface area (Å²) in [6.07, 6.45) is 5.10. The number of nitrogens with two attached hydrogens (primary N) is 1. The molecule has 2 heterocycles. The van der Waals surface area contributed by atoms with E-state index in [1.54, 1.807) is 18.3 Å². The molecule has 1 fully saturated rings. The lowest BCUT2D eigenvalue weighted by Gasteiger charge is -2.26. The third-order valence-corrected chi connectivity index (χ3v) is 4.93. The molecule has 2 aromatic carbocycles. The molecule has 0 saturated carbocycles. The fourth-order valence-corrected chi connectivity index (χ4v) is 3.33. The van der Waals surface area contributed by atoms with Crippen LogP contribution >= 0.6 is 0 Å². The molecule has 4 rings (SSSR count). The van der Waals surface area contributed by atoms with E-state index in [1.807, 2.05) is 42.5 Å². The minimum absolute atomic E-state index is 0.160. The van der Waals surface area contributed by atoms with Gasteiger partial charge >= 0.3 is 0 Å². The molecular weight excluding hydrogens is 420 g/mol. The number of hydrogen-bond donors (Lipinski definition) is 3. The zero-order valence-electron chi connectivity index (χ0n) is 18.1. The second-order valence-electron chi connectivity index (χ2n) is 7.52. The number of rotatable bonds is 9. The molecule has 1 amide bonds. The Morgan fingerprint density at radius 1 is 1.00 bits per heavy atom. The molecule has 0 radical (unpaired) electrons. The number of ether oxygens (including phenoxy) is 1. The van der Waals surface area contributed by atoms with Crippen LogP contribution in [0.3, 0.4) is 0 Å². The summed E-state index contributed by atoms with van der Waals surface area (Å²) in [4.78, 5) is 26.6. The van der Waals surface area contributed by atoms with Crippen LogP contribution in [0.15, 0.2) is 59.7 Å². The largest absolute Gasteiger partial charge is 0.484 e. The lowest BCUT2D eigenvalue weighted by molar-refractivity contribution is -0.119. The van der Waals surface area contributed by atoms with Crippen LogP contribution < -0.4 is 26.1 Å². The molecule has 1 saturated heterocycles. The first-order chi connectivity index (χ1) is 16.2. The maximum absolute atomic E-state index is 10.8. The SMILES string of the molecule is NC(=O)COc1ccc(/C=N/Nc2nc(Nc3ccccc3)nc(N3CCCCC3)n2)cc1. The number of carbonyl (C=O) groups is 1. The Hall–Kier alpha value is -4.21. The monoisotopic (exact) mass is 446 g/mol. The van der Waals surface area contributed by atoms with Gasteiger partial charge in [-0.1, -0.05) is 18.2 Å². The second-order valence-corrected chi connectivity index (χ2v) is 7.52. The summed E-state index contributed by atoms with van der Waals surface area (Å²) in [5.74, 6) is 1.45. The number of aromatic nitrogens is 3. The van der Waals surface area contributed by atoms with Gasteiger partial charge in [0.1, 0.15) is 5.75 Å². The van der Waals surface area contributed by atoms with Crippen LogP contribution in [0.5, 0.6) is 5.75 Å². The molecule has 170 valence electrons. The van der Waals surface area contributed by atoms with E-state index in [1.165, 1.54) is 6.42 Å². The number of amides is 1. The van der Waals surface area contributed by atoms with Gasteiger partial charge in [-0.15, -0.1) is 0 Å². The molecule has 1 aliphatic heterocycles. The quantitative estimate of drug-likeness (QED) is 0.338. The normalized spacial score (nSPS) is 13.6. The average Bonchev–Trinajstić information content (AvgIpc) is 2.84. The van der Waals surface area contributed by atoms with Crippen LogP contribution in [0.2, 0.25) is 0 Å². The van der Waals surface area contributed by atoms with Crippen molar-refractivity contribution in [2.24, 2.45) is 10.8 Å². The van der Waals surface area contributed by atoms with Crippen molar-refractivity contribution in [1.82, 2.24) is 15.0 Å². The van der Waals surface area contributed by atoms with Gasteiger partial charge < -0.3 is 20.7 Å². The Balaban J connectivity index is 1.47. The first kappa shape index (κ1) is 22.0. The van der Waals surface area contributed by atoms with Crippen molar-refractivity contribution in [3.05, 3.63) is 60.2 Å². The van der Waals surface area contributed by atoms with Gasteiger partial charge in [0.05, 0.1) is 6.21 Å². The highest BCUT2D eigenvalue weighted by atomic mass is 16.5. The van der Waals surface area contributed by atoms with Gasteiger partial charge in [-0.25, -0.2) is 5.43 Å². The first-order valence-corrected chi connectivity index (χ1v) is 10.8. The Kier molecular flexibility index (Phi) is 7.26. The van der Waals surface area contributed by atoms with Crippen LogP contribution in [-0.4, -0.2) is 46.8 Å². The lowest BCUT2D eigenvalue weighted by atomic mass is 10.1. The standard InChI is InChI=1S/C23H26N8O2/c24-20(32)16-33-19-11-9-17(10-12-19)15-25-30-22-27-21(26-18-7-3-1-4-8-18)28-23(29-22)31-13-5-2-6-14-31/h1,3-4,7-12,15H,2,5-6,13-14,16H2,(H2,24,32)(H2,26,27,28,29,30)/b25-15+. The van der Waals surface area contributed by atoms with Crippen molar-refractivity contribution in [2.75, 3.05) is 35.3 Å². The molecule has 10 heteroatoms.